The summed E-state index contributed by atoms with van der Waals surface area (Å²) in [5.41, 5.74) is 2.81. The van der Waals surface area contributed by atoms with Crippen molar-refractivity contribution in [3.05, 3.63) is 62.5 Å². The molecule has 4 nitrogen and oxygen atoms in total. The molecular formula is C16H16N2O2S. The van der Waals surface area contributed by atoms with Crippen molar-refractivity contribution in [3.63, 3.8) is 0 Å². The minimum Gasteiger partial charge on any atom is -0.487 e. The minimum absolute atomic E-state index is 0.0658. The lowest BCUT2D eigenvalue weighted by molar-refractivity contribution is 0.299. The molecule has 3 rings (SSSR count). The highest BCUT2D eigenvalue weighted by Crippen LogP contribution is 2.20. The van der Waals surface area contributed by atoms with E-state index in [4.69, 9.17) is 4.74 Å². The molecule has 2 aromatic heterocycles. The summed E-state index contributed by atoms with van der Waals surface area (Å²) < 4.78 is 7.38. The van der Waals surface area contributed by atoms with Crippen LogP contribution in [-0.4, -0.2) is 9.38 Å². The Morgan fingerprint density at radius 1 is 1.24 bits per heavy atom. The van der Waals surface area contributed by atoms with E-state index in [2.05, 4.69) is 4.98 Å². The lowest BCUT2D eigenvalue weighted by atomic mass is 10.1. The molecule has 108 valence electrons. The van der Waals surface area contributed by atoms with Gasteiger partial charge in [0.1, 0.15) is 12.4 Å². The van der Waals surface area contributed by atoms with Gasteiger partial charge in [0.25, 0.3) is 5.56 Å². The summed E-state index contributed by atoms with van der Waals surface area (Å²) in [4.78, 5) is 18.3. The van der Waals surface area contributed by atoms with Crippen molar-refractivity contribution in [1.82, 2.24) is 9.38 Å². The molecule has 0 radical (unpaired) electrons. The van der Waals surface area contributed by atoms with Gasteiger partial charge in [-0.25, -0.2) is 4.98 Å². The number of thiazole rings is 1. The Labute approximate surface area is 126 Å². The van der Waals surface area contributed by atoms with Crippen LogP contribution in [0.2, 0.25) is 0 Å². The number of aromatic nitrogens is 2. The first-order valence-corrected chi connectivity index (χ1v) is 7.53. The molecule has 0 aliphatic rings. The molecule has 2 heterocycles. The van der Waals surface area contributed by atoms with Crippen LogP contribution in [0.1, 0.15) is 21.7 Å². The molecule has 0 bridgehead atoms. The van der Waals surface area contributed by atoms with E-state index in [0.717, 1.165) is 21.8 Å². The first kappa shape index (κ1) is 13.8. The Morgan fingerprint density at radius 3 is 2.86 bits per heavy atom. The van der Waals surface area contributed by atoms with Crippen molar-refractivity contribution in [2.75, 3.05) is 0 Å². The van der Waals surface area contributed by atoms with Crippen LogP contribution in [0.4, 0.5) is 0 Å². The lowest BCUT2D eigenvalue weighted by Gasteiger charge is -2.09. The first-order valence-electron chi connectivity index (χ1n) is 6.72. The quantitative estimate of drug-likeness (QED) is 0.745. The molecule has 0 unspecified atom stereocenters. The number of hydrogen-bond acceptors (Lipinski definition) is 4. The number of nitrogens with zero attached hydrogens (tertiary/aromatic N) is 2. The minimum atomic E-state index is -0.0658. The Bertz CT molecular complexity index is 864. The normalized spacial score (nSPS) is 11.0. The summed E-state index contributed by atoms with van der Waals surface area (Å²) in [5.74, 6) is 0.833. The number of fused-ring (bicyclic) bond motifs is 1. The second kappa shape index (κ2) is 5.33. The zero-order valence-electron chi connectivity index (χ0n) is 12.2. The maximum Gasteiger partial charge on any atom is 0.258 e. The average molecular weight is 300 g/mol. The molecule has 1 aromatic carbocycles. The van der Waals surface area contributed by atoms with Crippen LogP contribution in [0.25, 0.3) is 4.96 Å². The first-order chi connectivity index (χ1) is 10.0. The van der Waals surface area contributed by atoms with E-state index >= 15 is 0 Å². The van der Waals surface area contributed by atoms with Gasteiger partial charge in [0.05, 0.1) is 5.69 Å². The maximum absolute atomic E-state index is 12.0. The second-order valence-corrected chi connectivity index (χ2v) is 6.35. The van der Waals surface area contributed by atoms with Crippen LogP contribution >= 0.6 is 11.3 Å². The number of ether oxygens (including phenoxy) is 1. The van der Waals surface area contributed by atoms with Crippen LogP contribution < -0.4 is 10.3 Å². The highest BCUT2D eigenvalue weighted by Gasteiger charge is 2.07. The molecular weight excluding hydrogens is 284 g/mol. The van der Waals surface area contributed by atoms with Gasteiger partial charge in [0.15, 0.2) is 4.96 Å². The van der Waals surface area contributed by atoms with Crippen LogP contribution in [-0.2, 0) is 6.61 Å². The van der Waals surface area contributed by atoms with Gasteiger partial charge in [-0.1, -0.05) is 12.1 Å². The maximum atomic E-state index is 12.0. The fourth-order valence-corrected chi connectivity index (χ4v) is 3.00. The second-order valence-electron chi connectivity index (χ2n) is 5.14. The summed E-state index contributed by atoms with van der Waals surface area (Å²) in [6.07, 6.45) is 1.81. The molecule has 0 saturated carbocycles. The molecule has 0 N–H and O–H groups in total. The average Bonchev–Trinajstić information content (AvgIpc) is 2.81. The van der Waals surface area contributed by atoms with Crippen LogP contribution in [0.5, 0.6) is 5.75 Å². The number of benzene rings is 1. The molecule has 5 heteroatoms. The largest absolute Gasteiger partial charge is 0.487 e. The summed E-state index contributed by atoms with van der Waals surface area (Å²) in [6.45, 7) is 6.29. The molecule has 0 aliphatic carbocycles. The van der Waals surface area contributed by atoms with Gasteiger partial charge < -0.3 is 4.74 Å². The topological polar surface area (TPSA) is 43.6 Å². The third-order valence-corrected chi connectivity index (χ3v) is 4.15. The Kier molecular flexibility index (Phi) is 3.51. The van der Waals surface area contributed by atoms with E-state index in [1.54, 1.807) is 4.40 Å². The molecule has 0 amide bonds. The molecule has 0 atom stereocenters. The van der Waals surface area contributed by atoms with Crippen molar-refractivity contribution >= 4 is 16.3 Å². The summed E-state index contributed by atoms with van der Waals surface area (Å²) in [7, 11) is 0. The molecule has 3 aromatic rings. The van der Waals surface area contributed by atoms with Gasteiger partial charge in [-0.05, 0) is 38.0 Å². The molecule has 0 spiro atoms. The van der Waals surface area contributed by atoms with E-state index in [1.807, 2.05) is 45.2 Å². The number of aryl methyl sites for hydroxylation is 3. The van der Waals surface area contributed by atoms with Crippen molar-refractivity contribution in [3.8, 4) is 5.75 Å². The Hall–Kier alpha value is -2.14. The van der Waals surface area contributed by atoms with Crippen LogP contribution in [0.15, 0.2) is 35.3 Å². The van der Waals surface area contributed by atoms with Crippen LogP contribution in [0, 0.1) is 20.8 Å². The zero-order chi connectivity index (χ0) is 15.0. The van der Waals surface area contributed by atoms with E-state index in [9.17, 15) is 4.79 Å². The van der Waals surface area contributed by atoms with E-state index in [0.29, 0.717) is 17.3 Å². The monoisotopic (exact) mass is 300 g/mol. The van der Waals surface area contributed by atoms with Crippen molar-refractivity contribution < 1.29 is 4.74 Å². The molecule has 0 fully saturated rings. The number of rotatable bonds is 3. The Balaban J connectivity index is 1.88. The lowest BCUT2D eigenvalue weighted by Crippen LogP contribution is -2.14. The third kappa shape index (κ3) is 2.83. The highest BCUT2D eigenvalue weighted by atomic mass is 32.1. The fraction of sp³-hybridized carbons (Fsp3) is 0.250. The SMILES string of the molecule is Cc1ccc(C)c(OCc2cc(=O)n3cc(C)sc3n2)c1. The van der Waals surface area contributed by atoms with E-state index in [-0.39, 0.29) is 5.56 Å². The van der Waals surface area contributed by atoms with Crippen molar-refractivity contribution in [1.29, 1.82) is 0 Å². The predicted octanol–water partition coefficient (Wildman–Crippen LogP) is 3.26. The fourth-order valence-electron chi connectivity index (χ4n) is 2.15. The molecule has 21 heavy (non-hydrogen) atoms. The van der Waals surface area contributed by atoms with Gasteiger partial charge in [0.2, 0.25) is 0 Å². The van der Waals surface area contributed by atoms with E-state index < -0.39 is 0 Å². The van der Waals surface area contributed by atoms with Gasteiger partial charge in [-0.2, -0.15) is 0 Å². The standard InChI is InChI=1S/C16H16N2O2S/c1-10-4-5-11(2)14(6-10)20-9-13-7-15(19)18-8-12(3)21-16(18)17-13/h4-8H,9H2,1-3H3. The third-order valence-electron chi connectivity index (χ3n) is 3.26. The van der Waals surface area contributed by atoms with Gasteiger partial charge in [-0.3, -0.25) is 9.20 Å². The highest BCUT2D eigenvalue weighted by molar-refractivity contribution is 7.16. The predicted molar refractivity (Wildman–Crippen MR) is 84.3 cm³/mol. The summed E-state index contributed by atoms with van der Waals surface area (Å²) in [6, 6.07) is 7.60. The van der Waals surface area contributed by atoms with E-state index in [1.165, 1.54) is 17.4 Å². The molecule has 0 aliphatic heterocycles. The Morgan fingerprint density at radius 2 is 2.05 bits per heavy atom. The number of hydrogen-bond donors (Lipinski definition) is 0. The van der Waals surface area contributed by atoms with Gasteiger partial charge in [-0.15, -0.1) is 11.3 Å². The van der Waals surface area contributed by atoms with Gasteiger partial charge >= 0.3 is 0 Å². The summed E-state index contributed by atoms with van der Waals surface area (Å²) in [5, 5.41) is 0. The van der Waals surface area contributed by atoms with Gasteiger partial charge in [0, 0.05) is 17.1 Å². The van der Waals surface area contributed by atoms with Crippen LogP contribution in [0.3, 0.4) is 0 Å². The smallest absolute Gasteiger partial charge is 0.258 e. The summed E-state index contributed by atoms with van der Waals surface area (Å²) >= 11 is 1.50. The zero-order valence-corrected chi connectivity index (χ0v) is 13.0. The molecule has 0 saturated heterocycles. The van der Waals surface area contributed by atoms with Crippen molar-refractivity contribution in [2.45, 2.75) is 27.4 Å². The van der Waals surface area contributed by atoms with Crippen molar-refractivity contribution in [2.24, 2.45) is 0 Å².